The molecule has 0 saturated heterocycles. The topological polar surface area (TPSA) is 51.1 Å². The van der Waals surface area contributed by atoms with Gasteiger partial charge in [-0.25, -0.2) is 0 Å². The summed E-state index contributed by atoms with van der Waals surface area (Å²) < 4.78 is 2.29. The molecule has 0 atom stereocenters. The molecule has 0 aliphatic heterocycles. The van der Waals surface area contributed by atoms with Crippen molar-refractivity contribution >= 4 is 44.3 Å². The van der Waals surface area contributed by atoms with Gasteiger partial charge in [0.15, 0.2) is 0 Å². The zero-order valence-corrected chi connectivity index (χ0v) is 13.4. The van der Waals surface area contributed by atoms with Crippen molar-refractivity contribution in [2.24, 2.45) is 0 Å². The Morgan fingerprint density at radius 1 is 1.05 bits per heavy atom. The predicted molar refractivity (Wildman–Crippen MR) is 90.3 cm³/mol. The van der Waals surface area contributed by atoms with Crippen molar-refractivity contribution < 1.29 is 9.59 Å². The molecule has 110 valence electrons. The molecule has 0 fully saturated rings. The first-order valence-electron chi connectivity index (χ1n) is 6.75. The minimum absolute atomic E-state index is 0.129. The van der Waals surface area contributed by atoms with Gasteiger partial charge < -0.3 is 5.32 Å². The summed E-state index contributed by atoms with van der Waals surface area (Å²) >= 11 is 3.40. The smallest absolute Gasteiger partial charge is 0.257 e. The molecular weight excluding hydrogens is 344 g/mol. The Morgan fingerprint density at radius 3 is 2.45 bits per heavy atom. The van der Waals surface area contributed by atoms with E-state index in [2.05, 4.69) is 21.2 Å². The quantitative estimate of drug-likeness (QED) is 0.743. The van der Waals surface area contributed by atoms with Gasteiger partial charge >= 0.3 is 0 Å². The van der Waals surface area contributed by atoms with E-state index in [1.807, 2.05) is 48.5 Å². The number of aromatic nitrogens is 1. The second-order valence-corrected chi connectivity index (χ2v) is 5.74. The first-order valence-corrected chi connectivity index (χ1v) is 7.54. The van der Waals surface area contributed by atoms with E-state index in [1.165, 1.54) is 11.5 Å². The van der Waals surface area contributed by atoms with Crippen molar-refractivity contribution in [2.45, 2.75) is 6.92 Å². The minimum Gasteiger partial charge on any atom is -0.321 e. The van der Waals surface area contributed by atoms with Gasteiger partial charge in [-0.3, -0.25) is 14.2 Å². The van der Waals surface area contributed by atoms with Crippen LogP contribution in [0.1, 0.15) is 22.1 Å². The fourth-order valence-corrected chi connectivity index (χ4v) is 2.76. The Balaban J connectivity index is 2.05. The fourth-order valence-electron chi connectivity index (χ4n) is 2.37. The molecule has 1 aromatic heterocycles. The van der Waals surface area contributed by atoms with Crippen molar-refractivity contribution in [2.75, 3.05) is 5.32 Å². The number of carbonyl (C=O) groups excluding carboxylic acids is 2. The first-order chi connectivity index (χ1) is 10.6. The summed E-state index contributed by atoms with van der Waals surface area (Å²) in [5.74, 6) is -0.376. The van der Waals surface area contributed by atoms with E-state index >= 15 is 0 Å². The van der Waals surface area contributed by atoms with E-state index in [0.717, 1.165) is 15.4 Å². The Hall–Kier alpha value is -2.40. The van der Waals surface area contributed by atoms with E-state index in [1.54, 1.807) is 6.20 Å². The lowest BCUT2D eigenvalue weighted by Crippen LogP contribution is -2.12. The lowest BCUT2D eigenvalue weighted by atomic mass is 10.1. The molecule has 22 heavy (non-hydrogen) atoms. The standard InChI is InChI=1S/C17H13BrN2O2/c1-11(21)20-10-13(12-6-2-5-9-16(12)20)17(22)19-15-8-4-3-7-14(15)18/h2-10H,1H3,(H,19,22). The van der Waals surface area contributed by atoms with Crippen LogP contribution in [0.3, 0.4) is 0 Å². The number of para-hydroxylation sites is 2. The van der Waals surface area contributed by atoms with Crippen molar-refractivity contribution in [3.05, 3.63) is 64.8 Å². The van der Waals surface area contributed by atoms with Gasteiger partial charge in [-0.1, -0.05) is 30.3 Å². The van der Waals surface area contributed by atoms with Crippen molar-refractivity contribution in [3.8, 4) is 0 Å². The molecule has 1 N–H and O–H groups in total. The molecule has 0 spiro atoms. The van der Waals surface area contributed by atoms with Gasteiger partial charge in [-0.05, 0) is 34.1 Å². The van der Waals surface area contributed by atoms with Crippen molar-refractivity contribution in [1.29, 1.82) is 0 Å². The molecule has 4 nitrogen and oxygen atoms in total. The van der Waals surface area contributed by atoms with E-state index in [9.17, 15) is 9.59 Å². The molecule has 0 aliphatic carbocycles. The molecule has 0 radical (unpaired) electrons. The van der Waals surface area contributed by atoms with Crippen LogP contribution in [0.4, 0.5) is 5.69 Å². The van der Waals surface area contributed by atoms with E-state index in [0.29, 0.717) is 11.3 Å². The largest absolute Gasteiger partial charge is 0.321 e. The number of fused-ring (bicyclic) bond motifs is 1. The summed E-state index contributed by atoms with van der Waals surface area (Å²) in [6.45, 7) is 1.47. The number of hydrogen-bond acceptors (Lipinski definition) is 2. The van der Waals surface area contributed by atoms with Gasteiger partial charge in [0.2, 0.25) is 5.91 Å². The Labute approximate surface area is 135 Å². The molecule has 0 aliphatic rings. The highest BCUT2D eigenvalue weighted by molar-refractivity contribution is 9.10. The third kappa shape index (κ3) is 2.55. The van der Waals surface area contributed by atoms with Crippen LogP contribution in [0.2, 0.25) is 0 Å². The normalized spacial score (nSPS) is 10.6. The van der Waals surface area contributed by atoms with Crippen LogP contribution in [0.15, 0.2) is 59.2 Å². The number of nitrogens with one attached hydrogen (secondary N) is 1. The Bertz CT molecular complexity index is 883. The van der Waals surface area contributed by atoms with Crippen molar-refractivity contribution in [3.63, 3.8) is 0 Å². The van der Waals surface area contributed by atoms with Crippen LogP contribution < -0.4 is 5.32 Å². The van der Waals surface area contributed by atoms with Gasteiger partial charge in [0.1, 0.15) is 0 Å². The highest BCUT2D eigenvalue weighted by Crippen LogP contribution is 2.25. The maximum absolute atomic E-state index is 12.6. The van der Waals surface area contributed by atoms with Gasteiger partial charge in [0.05, 0.1) is 16.8 Å². The van der Waals surface area contributed by atoms with Gasteiger partial charge in [-0.2, -0.15) is 0 Å². The van der Waals surface area contributed by atoms with E-state index in [-0.39, 0.29) is 11.8 Å². The van der Waals surface area contributed by atoms with Crippen LogP contribution >= 0.6 is 15.9 Å². The Kier molecular flexibility index (Phi) is 3.81. The molecule has 5 heteroatoms. The molecule has 3 rings (SSSR count). The second kappa shape index (κ2) is 5.77. The number of benzene rings is 2. The van der Waals surface area contributed by atoms with Crippen LogP contribution in [-0.2, 0) is 0 Å². The maximum atomic E-state index is 12.6. The molecule has 0 saturated carbocycles. The molecule has 1 heterocycles. The van der Waals surface area contributed by atoms with Gasteiger partial charge in [0.25, 0.3) is 5.91 Å². The molecule has 1 amide bonds. The lowest BCUT2D eigenvalue weighted by molar-refractivity contribution is 0.0941. The Morgan fingerprint density at radius 2 is 1.73 bits per heavy atom. The maximum Gasteiger partial charge on any atom is 0.257 e. The highest BCUT2D eigenvalue weighted by Gasteiger charge is 2.17. The van der Waals surface area contributed by atoms with Gasteiger partial charge in [0, 0.05) is 23.0 Å². The SMILES string of the molecule is CC(=O)n1cc(C(=O)Nc2ccccc2Br)c2ccccc21. The minimum atomic E-state index is -0.247. The number of rotatable bonds is 2. The number of halogens is 1. The lowest BCUT2D eigenvalue weighted by Gasteiger charge is -2.06. The monoisotopic (exact) mass is 356 g/mol. The zero-order valence-electron chi connectivity index (χ0n) is 11.8. The summed E-state index contributed by atoms with van der Waals surface area (Å²) in [6, 6.07) is 14.7. The predicted octanol–water partition coefficient (Wildman–Crippen LogP) is 4.32. The van der Waals surface area contributed by atoms with Crippen LogP contribution in [0.5, 0.6) is 0 Å². The number of hydrogen-bond donors (Lipinski definition) is 1. The van der Waals surface area contributed by atoms with Crippen LogP contribution in [-0.4, -0.2) is 16.4 Å². The average Bonchev–Trinajstić information content (AvgIpc) is 2.89. The summed E-state index contributed by atoms with van der Waals surface area (Å²) in [5, 5.41) is 3.61. The summed E-state index contributed by atoms with van der Waals surface area (Å²) in [4.78, 5) is 24.3. The molecule has 0 unspecified atom stereocenters. The van der Waals surface area contributed by atoms with Crippen LogP contribution in [0, 0.1) is 0 Å². The fraction of sp³-hybridized carbons (Fsp3) is 0.0588. The number of anilines is 1. The highest BCUT2D eigenvalue weighted by atomic mass is 79.9. The van der Waals surface area contributed by atoms with Gasteiger partial charge in [-0.15, -0.1) is 0 Å². The molecule has 2 aromatic carbocycles. The number of carbonyl (C=O) groups is 2. The zero-order chi connectivity index (χ0) is 15.7. The van der Waals surface area contributed by atoms with E-state index in [4.69, 9.17) is 0 Å². The third-order valence-corrected chi connectivity index (χ3v) is 4.11. The second-order valence-electron chi connectivity index (χ2n) is 4.88. The summed E-state index contributed by atoms with van der Waals surface area (Å²) in [7, 11) is 0. The number of nitrogens with zero attached hydrogens (tertiary/aromatic N) is 1. The average molecular weight is 357 g/mol. The third-order valence-electron chi connectivity index (χ3n) is 3.42. The van der Waals surface area contributed by atoms with E-state index < -0.39 is 0 Å². The molecule has 0 bridgehead atoms. The number of amides is 1. The van der Waals surface area contributed by atoms with Crippen LogP contribution in [0.25, 0.3) is 10.9 Å². The molecule has 3 aromatic rings. The first kappa shape index (κ1) is 14.5. The summed E-state index contributed by atoms with van der Waals surface area (Å²) in [6.07, 6.45) is 1.58. The molecular formula is C17H13BrN2O2. The van der Waals surface area contributed by atoms with Crippen molar-refractivity contribution in [1.82, 2.24) is 4.57 Å². The summed E-state index contributed by atoms with van der Waals surface area (Å²) in [5.41, 5.74) is 1.89.